The summed E-state index contributed by atoms with van der Waals surface area (Å²) in [7, 11) is 0. The number of rotatable bonds is 7. The van der Waals surface area contributed by atoms with Gasteiger partial charge in [-0.15, -0.1) is 0 Å². The number of thioether (sulfide) groups is 1. The summed E-state index contributed by atoms with van der Waals surface area (Å²) in [6.07, 6.45) is 9.39. The van der Waals surface area contributed by atoms with Crippen molar-refractivity contribution in [3.8, 4) is 0 Å². The highest BCUT2D eigenvalue weighted by Gasteiger charge is 2.19. The van der Waals surface area contributed by atoms with Gasteiger partial charge in [0.05, 0.1) is 0 Å². The van der Waals surface area contributed by atoms with E-state index in [1.54, 1.807) is 6.07 Å². The highest BCUT2D eigenvalue weighted by molar-refractivity contribution is 7.98. The molecular formula is C15H24N2OS. The van der Waals surface area contributed by atoms with Crippen LogP contribution in [0.5, 0.6) is 0 Å². The van der Waals surface area contributed by atoms with Gasteiger partial charge in [-0.1, -0.05) is 12.5 Å². The minimum absolute atomic E-state index is 0.0245. The van der Waals surface area contributed by atoms with Crippen molar-refractivity contribution in [1.82, 2.24) is 10.3 Å². The SMILES string of the molecule is CSCCCCCNC1CCCc2[nH]c(=O)ccc21. The molecular weight excluding hydrogens is 256 g/mol. The van der Waals surface area contributed by atoms with Gasteiger partial charge in [-0.2, -0.15) is 11.8 Å². The van der Waals surface area contributed by atoms with Crippen LogP contribution in [0.15, 0.2) is 16.9 Å². The maximum Gasteiger partial charge on any atom is 0.248 e. The van der Waals surface area contributed by atoms with E-state index >= 15 is 0 Å². The Morgan fingerprint density at radius 3 is 3.11 bits per heavy atom. The number of aromatic nitrogens is 1. The average molecular weight is 280 g/mol. The molecule has 1 aliphatic rings. The highest BCUT2D eigenvalue weighted by Crippen LogP contribution is 2.27. The minimum Gasteiger partial charge on any atom is -0.326 e. The molecule has 1 aromatic heterocycles. The van der Waals surface area contributed by atoms with Gasteiger partial charge in [0, 0.05) is 17.8 Å². The quantitative estimate of drug-likeness (QED) is 0.755. The molecule has 19 heavy (non-hydrogen) atoms. The maximum absolute atomic E-state index is 11.3. The van der Waals surface area contributed by atoms with Crippen LogP contribution in [0.4, 0.5) is 0 Å². The number of hydrogen-bond donors (Lipinski definition) is 2. The lowest BCUT2D eigenvalue weighted by Crippen LogP contribution is -2.28. The van der Waals surface area contributed by atoms with Crippen molar-refractivity contribution >= 4 is 11.8 Å². The predicted molar refractivity (Wildman–Crippen MR) is 83.0 cm³/mol. The number of pyridine rings is 1. The van der Waals surface area contributed by atoms with E-state index in [1.807, 2.05) is 17.8 Å². The molecule has 4 heteroatoms. The van der Waals surface area contributed by atoms with Crippen molar-refractivity contribution in [1.29, 1.82) is 0 Å². The summed E-state index contributed by atoms with van der Waals surface area (Å²) < 4.78 is 0. The molecule has 106 valence electrons. The second-order valence-electron chi connectivity index (χ2n) is 5.21. The Morgan fingerprint density at radius 2 is 2.26 bits per heavy atom. The molecule has 0 bridgehead atoms. The molecule has 0 saturated carbocycles. The van der Waals surface area contributed by atoms with Gasteiger partial charge in [-0.05, 0) is 56.2 Å². The Hall–Kier alpha value is -0.740. The largest absolute Gasteiger partial charge is 0.326 e. The minimum atomic E-state index is 0.0245. The predicted octanol–water partition coefficient (Wildman–Crippen LogP) is 2.88. The highest BCUT2D eigenvalue weighted by atomic mass is 32.2. The lowest BCUT2D eigenvalue weighted by molar-refractivity contribution is 0.446. The van der Waals surface area contributed by atoms with Crippen molar-refractivity contribution in [3.05, 3.63) is 33.7 Å². The molecule has 1 aromatic rings. The smallest absolute Gasteiger partial charge is 0.248 e. The summed E-state index contributed by atoms with van der Waals surface area (Å²) in [6, 6.07) is 4.08. The topological polar surface area (TPSA) is 44.9 Å². The molecule has 0 spiro atoms. The Kier molecular flexibility index (Phi) is 5.98. The van der Waals surface area contributed by atoms with Crippen LogP contribution in [-0.4, -0.2) is 23.5 Å². The zero-order valence-corrected chi connectivity index (χ0v) is 12.5. The monoisotopic (exact) mass is 280 g/mol. The van der Waals surface area contributed by atoms with Crippen LogP contribution in [0.3, 0.4) is 0 Å². The standard InChI is InChI=1S/C15H24N2OS/c1-19-11-4-2-3-10-16-13-6-5-7-14-12(13)8-9-15(18)17-14/h8-9,13,16H,2-7,10-11H2,1H3,(H,17,18). The van der Waals surface area contributed by atoms with E-state index in [2.05, 4.69) is 16.6 Å². The van der Waals surface area contributed by atoms with Crippen LogP contribution in [0.2, 0.25) is 0 Å². The molecule has 3 nitrogen and oxygen atoms in total. The lowest BCUT2D eigenvalue weighted by Gasteiger charge is -2.26. The number of hydrogen-bond acceptors (Lipinski definition) is 3. The first-order chi connectivity index (χ1) is 9.31. The number of unbranched alkanes of at least 4 members (excludes halogenated alkanes) is 2. The van der Waals surface area contributed by atoms with Gasteiger partial charge in [-0.25, -0.2) is 0 Å². The summed E-state index contributed by atoms with van der Waals surface area (Å²) in [4.78, 5) is 14.3. The number of aromatic amines is 1. The van der Waals surface area contributed by atoms with E-state index in [0.717, 1.165) is 25.1 Å². The van der Waals surface area contributed by atoms with Gasteiger partial charge in [0.15, 0.2) is 0 Å². The van der Waals surface area contributed by atoms with Crippen LogP contribution in [0, 0.1) is 0 Å². The van der Waals surface area contributed by atoms with E-state index in [1.165, 1.54) is 37.0 Å². The first-order valence-corrected chi connectivity index (χ1v) is 8.65. The molecule has 1 atom stereocenters. The van der Waals surface area contributed by atoms with Crippen molar-refractivity contribution in [3.63, 3.8) is 0 Å². The van der Waals surface area contributed by atoms with Crippen LogP contribution >= 0.6 is 11.8 Å². The molecule has 1 heterocycles. The maximum atomic E-state index is 11.3. The van der Waals surface area contributed by atoms with Crippen LogP contribution in [-0.2, 0) is 6.42 Å². The Morgan fingerprint density at radius 1 is 1.37 bits per heavy atom. The first-order valence-electron chi connectivity index (χ1n) is 7.25. The molecule has 0 aliphatic heterocycles. The van der Waals surface area contributed by atoms with Crippen LogP contribution < -0.4 is 10.9 Å². The van der Waals surface area contributed by atoms with Crippen molar-refractivity contribution in [2.75, 3.05) is 18.6 Å². The number of nitrogens with one attached hydrogen (secondary N) is 2. The normalized spacial score (nSPS) is 18.3. The molecule has 0 radical (unpaired) electrons. The Balaban J connectivity index is 1.81. The van der Waals surface area contributed by atoms with Gasteiger partial charge < -0.3 is 10.3 Å². The van der Waals surface area contributed by atoms with Crippen molar-refractivity contribution < 1.29 is 0 Å². The zero-order valence-electron chi connectivity index (χ0n) is 11.7. The molecule has 0 amide bonds. The fraction of sp³-hybridized carbons (Fsp3) is 0.667. The van der Waals surface area contributed by atoms with E-state index in [-0.39, 0.29) is 5.56 Å². The van der Waals surface area contributed by atoms with Crippen molar-refractivity contribution in [2.24, 2.45) is 0 Å². The van der Waals surface area contributed by atoms with Crippen LogP contribution in [0.1, 0.15) is 49.4 Å². The molecule has 0 saturated heterocycles. The average Bonchev–Trinajstić information content (AvgIpc) is 2.42. The summed E-state index contributed by atoms with van der Waals surface area (Å²) >= 11 is 1.93. The first kappa shape index (κ1) is 14.7. The Bertz CT molecular complexity index is 444. The Labute approximate surface area is 119 Å². The molecule has 1 aliphatic carbocycles. The van der Waals surface area contributed by atoms with E-state index < -0.39 is 0 Å². The third-order valence-electron chi connectivity index (χ3n) is 3.75. The summed E-state index contributed by atoms with van der Waals surface area (Å²) in [6.45, 7) is 1.08. The third-order valence-corrected chi connectivity index (χ3v) is 4.44. The fourth-order valence-electron chi connectivity index (χ4n) is 2.74. The van der Waals surface area contributed by atoms with Crippen LogP contribution in [0.25, 0.3) is 0 Å². The van der Waals surface area contributed by atoms with E-state index in [0.29, 0.717) is 6.04 Å². The lowest BCUT2D eigenvalue weighted by atomic mass is 9.91. The third kappa shape index (κ3) is 4.39. The molecule has 0 fully saturated rings. The summed E-state index contributed by atoms with van der Waals surface area (Å²) in [5.74, 6) is 1.27. The summed E-state index contributed by atoms with van der Waals surface area (Å²) in [5.41, 5.74) is 2.46. The summed E-state index contributed by atoms with van der Waals surface area (Å²) in [5, 5.41) is 3.65. The second-order valence-corrected chi connectivity index (χ2v) is 6.19. The fourth-order valence-corrected chi connectivity index (χ4v) is 3.23. The molecule has 1 unspecified atom stereocenters. The van der Waals surface area contributed by atoms with Crippen molar-refractivity contribution in [2.45, 2.75) is 44.6 Å². The number of H-pyrrole nitrogens is 1. The molecule has 0 aromatic carbocycles. The van der Waals surface area contributed by atoms with Gasteiger partial charge in [0.25, 0.3) is 0 Å². The van der Waals surface area contributed by atoms with Gasteiger partial charge in [-0.3, -0.25) is 4.79 Å². The van der Waals surface area contributed by atoms with Gasteiger partial charge in [0.1, 0.15) is 0 Å². The second kappa shape index (κ2) is 7.75. The number of fused-ring (bicyclic) bond motifs is 1. The van der Waals surface area contributed by atoms with E-state index in [9.17, 15) is 4.79 Å². The zero-order chi connectivity index (χ0) is 13.5. The molecule has 2 rings (SSSR count). The van der Waals surface area contributed by atoms with E-state index in [4.69, 9.17) is 0 Å². The van der Waals surface area contributed by atoms with Gasteiger partial charge in [0.2, 0.25) is 5.56 Å². The number of aryl methyl sites for hydroxylation is 1. The molecule has 2 N–H and O–H groups in total. The van der Waals surface area contributed by atoms with Gasteiger partial charge >= 0.3 is 0 Å².